The van der Waals surface area contributed by atoms with E-state index < -0.39 is 0 Å². The van der Waals surface area contributed by atoms with Crippen LogP contribution in [0.15, 0.2) is 24.3 Å². The van der Waals surface area contributed by atoms with E-state index >= 15 is 0 Å². The lowest BCUT2D eigenvalue weighted by Crippen LogP contribution is -2.41. The van der Waals surface area contributed by atoms with Gasteiger partial charge in [0.25, 0.3) is 5.91 Å². The highest BCUT2D eigenvalue weighted by Gasteiger charge is 2.28. The number of nitrogens with zero attached hydrogens (tertiary/aromatic N) is 1. The Morgan fingerprint density at radius 1 is 1.32 bits per heavy atom. The molecule has 6 heteroatoms. The summed E-state index contributed by atoms with van der Waals surface area (Å²) in [5.74, 6) is 0.780. The molecule has 1 atom stereocenters. The van der Waals surface area contributed by atoms with Crippen LogP contribution in [0.5, 0.6) is 5.75 Å². The minimum Gasteiger partial charge on any atom is -0.484 e. The van der Waals surface area contributed by atoms with E-state index in [0.717, 1.165) is 32.4 Å². The van der Waals surface area contributed by atoms with Crippen molar-refractivity contribution in [2.75, 3.05) is 26.2 Å². The Morgan fingerprint density at radius 3 is 2.68 bits per heavy atom. The van der Waals surface area contributed by atoms with E-state index in [2.05, 4.69) is 24.1 Å². The fourth-order valence-corrected chi connectivity index (χ4v) is 3.07. The van der Waals surface area contributed by atoms with Crippen molar-refractivity contribution in [1.29, 1.82) is 0 Å². The minimum atomic E-state index is -0.251. The van der Waals surface area contributed by atoms with Crippen molar-refractivity contribution in [3.63, 3.8) is 0 Å². The van der Waals surface area contributed by atoms with Crippen molar-refractivity contribution in [2.45, 2.75) is 45.1 Å². The summed E-state index contributed by atoms with van der Waals surface area (Å²) in [6.45, 7) is 6.52. The van der Waals surface area contributed by atoms with Gasteiger partial charge in [-0.15, -0.1) is 0 Å². The van der Waals surface area contributed by atoms with Gasteiger partial charge < -0.3 is 15.8 Å². The first-order valence-corrected chi connectivity index (χ1v) is 9.00. The van der Waals surface area contributed by atoms with Crippen LogP contribution in [0.2, 0.25) is 0 Å². The molecule has 1 fully saturated rings. The second-order valence-corrected chi connectivity index (χ2v) is 6.81. The summed E-state index contributed by atoms with van der Waals surface area (Å²) in [6, 6.07) is 7.67. The molecule has 2 rings (SSSR count). The van der Waals surface area contributed by atoms with Crippen molar-refractivity contribution < 1.29 is 14.3 Å². The van der Waals surface area contributed by atoms with Gasteiger partial charge in [-0.1, -0.05) is 26.0 Å². The SMILES string of the molecule is CC(C)c1ccc(OCC(=O)NCCCN2CCC[C@H]2C(N)=O)cc1. The maximum atomic E-state index is 11.8. The van der Waals surface area contributed by atoms with Crippen LogP contribution < -0.4 is 15.8 Å². The quantitative estimate of drug-likeness (QED) is 0.665. The topological polar surface area (TPSA) is 84.7 Å². The third-order valence-electron chi connectivity index (χ3n) is 4.55. The van der Waals surface area contributed by atoms with Crippen molar-refractivity contribution >= 4 is 11.8 Å². The van der Waals surface area contributed by atoms with Gasteiger partial charge in [0.15, 0.2) is 6.61 Å². The van der Waals surface area contributed by atoms with Crippen LogP contribution in [-0.2, 0) is 9.59 Å². The van der Waals surface area contributed by atoms with E-state index in [-0.39, 0.29) is 24.5 Å². The molecule has 1 aromatic rings. The fraction of sp³-hybridized carbons (Fsp3) is 0.579. The number of benzene rings is 1. The molecule has 2 amide bonds. The van der Waals surface area contributed by atoms with E-state index in [4.69, 9.17) is 10.5 Å². The second-order valence-electron chi connectivity index (χ2n) is 6.81. The first-order chi connectivity index (χ1) is 12.0. The van der Waals surface area contributed by atoms with Crippen molar-refractivity contribution in [1.82, 2.24) is 10.2 Å². The van der Waals surface area contributed by atoms with E-state index in [1.165, 1.54) is 5.56 Å². The molecule has 1 aromatic carbocycles. The molecule has 0 unspecified atom stereocenters. The second kappa shape index (κ2) is 9.42. The van der Waals surface area contributed by atoms with Gasteiger partial charge in [-0.25, -0.2) is 0 Å². The molecule has 0 aromatic heterocycles. The number of rotatable bonds is 9. The highest BCUT2D eigenvalue weighted by Crippen LogP contribution is 2.18. The number of primary amides is 1. The van der Waals surface area contributed by atoms with E-state index in [1.54, 1.807) is 0 Å². The molecule has 3 N–H and O–H groups in total. The van der Waals surface area contributed by atoms with Gasteiger partial charge in [-0.05, 0) is 49.4 Å². The van der Waals surface area contributed by atoms with Crippen LogP contribution >= 0.6 is 0 Å². The molecule has 138 valence electrons. The smallest absolute Gasteiger partial charge is 0.257 e. The highest BCUT2D eigenvalue weighted by atomic mass is 16.5. The largest absolute Gasteiger partial charge is 0.484 e. The lowest BCUT2D eigenvalue weighted by atomic mass is 10.0. The van der Waals surface area contributed by atoms with Crippen LogP contribution in [0, 0.1) is 0 Å². The lowest BCUT2D eigenvalue weighted by Gasteiger charge is -2.21. The summed E-state index contributed by atoms with van der Waals surface area (Å²) in [5.41, 5.74) is 6.64. The van der Waals surface area contributed by atoms with Gasteiger partial charge >= 0.3 is 0 Å². The van der Waals surface area contributed by atoms with Gasteiger partial charge in [0.1, 0.15) is 5.75 Å². The number of hydrogen-bond acceptors (Lipinski definition) is 4. The predicted molar refractivity (Wildman–Crippen MR) is 97.4 cm³/mol. The maximum Gasteiger partial charge on any atom is 0.257 e. The van der Waals surface area contributed by atoms with Crippen molar-refractivity contribution in [3.8, 4) is 5.75 Å². The molecule has 0 spiro atoms. The molecule has 0 bridgehead atoms. The van der Waals surface area contributed by atoms with E-state index in [1.807, 2.05) is 24.3 Å². The van der Waals surface area contributed by atoms with E-state index in [9.17, 15) is 9.59 Å². The average Bonchev–Trinajstić information content (AvgIpc) is 3.06. The number of carbonyl (C=O) groups is 2. The molecule has 1 aliphatic rings. The Labute approximate surface area is 149 Å². The molecule has 1 heterocycles. The Balaban J connectivity index is 1.61. The Bertz CT molecular complexity index is 572. The average molecular weight is 347 g/mol. The normalized spacial score (nSPS) is 17.6. The van der Waals surface area contributed by atoms with Crippen molar-refractivity contribution in [2.24, 2.45) is 5.73 Å². The fourth-order valence-electron chi connectivity index (χ4n) is 3.07. The van der Waals surface area contributed by atoms with Gasteiger partial charge in [0, 0.05) is 13.1 Å². The van der Waals surface area contributed by atoms with Gasteiger partial charge in [-0.3, -0.25) is 14.5 Å². The summed E-state index contributed by atoms with van der Waals surface area (Å²) in [6.07, 6.45) is 2.63. The van der Waals surface area contributed by atoms with Gasteiger partial charge in [0.05, 0.1) is 6.04 Å². The maximum absolute atomic E-state index is 11.8. The minimum absolute atomic E-state index is 0.00858. The Hall–Kier alpha value is -2.08. The number of carbonyl (C=O) groups excluding carboxylic acids is 2. The zero-order valence-corrected chi connectivity index (χ0v) is 15.2. The first kappa shape index (κ1) is 19.2. The summed E-state index contributed by atoms with van der Waals surface area (Å²) >= 11 is 0. The van der Waals surface area contributed by atoms with Crippen LogP contribution in [0.4, 0.5) is 0 Å². The van der Waals surface area contributed by atoms with Gasteiger partial charge in [-0.2, -0.15) is 0 Å². The third kappa shape index (κ3) is 6.05. The molecule has 0 saturated carbocycles. The zero-order valence-electron chi connectivity index (χ0n) is 15.2. The van der Waals surface area contributed by atoms with Crippen LogP contribution in [0.25, 0.3) is 0 Å². The van der Waals surface area contributed by atoms with E-state index in [0.29, 0.717) is 18.2 Å². The number of nitrogens with one attached hydrogen (secondary N) is 1. The Morgan fingerprint density at radius 2 is 2.04 bits per heavy atom. The monoisotopic (exact) mass is 347 g/mol. The van der Waals surface area contributed by atoms with Gasteiger partial charge in [0.2, 0.25) is 5.91 Å². The molecule has 6 nitrogen and oxygen atoms in total. The standard InChI is InChI=1S/C19H29N3O3/c1-14(2)15-6-8-16(9-7-15)25-13-18(23)21-10-4-12-22-11-3-5-17(22)19(20)24/h6-9,14,17H,3-5,10-13H2,1-2H3,(H2,20,24)(H,21,23)/t17-/m0/s1. The summed E-state index contributed by atoms with van der Waals surface area (Å²) in [5, 5.41) is 2.84. The molecule has 0 aliphatic carbocycles. The zero-order chi connectivity index (χ0) is 18.2. The predicted octanol–water partition coefficient (Wildman–Crippen LogP) is 1.64. The molecule has 1 aliphatic heterocycles. The highest BCUT2D eigenvalue weighted by molar-refractivity contribution is 5.80. The number of nitrogens with two attached hydrogens (primary N) is 1. The lowest BCUT2D eigenvalue weighted by molar-refractivity contribution is -0.124. The van der Waals surface area contributed by atoms with Crippen LogP contribution in [-0.4, -0.2) is 49.0 Å². The summed E-state index contributed by atoms with van der Waals surface area (Å²) < 4.78 is 5.50. The van der Waals surface area contributed by atoms with Crippen LogP contribution in [0.3, 0.4) is 0 Å². The number of ether oxygens (including phenoxy) is 1. The third-order valence-corrected chi connectivity index (χ3v) is 4.55. The van der Waals surface area contributed by atoms with Crippen molar-refractivity contribution in [3.05, 3.63) is 29.8 Å². The summed E-state index contributed by atoms with van der Waals surface area (Å²) in [7, 11) is 0. The molecule has 1 saturated heterocycles. The van der Waals surface area contributed by atoms with Crippen LogP contribution in [0.1, 0.15) is 44.6 Å². The molecular formula is C19H29N3O3. The summed E-state index contributed by atoms with van der Waals surface area (Å²) in [4.78, 5) is 25.3. The Kier molecular flexibility index (Phi) is 7.25. The molecular weight excluding hydrogens is 318 g/mol. The molecule has 25 heavy (non-hydrogen) atoms. The number of likely N-dealkylation sites (tertiary alicyclic amines) is 1. The first-order valence-electron chi connectivity index (χ1n) is 9.00. The number of hydrogen-bond donors (Lipinski definition) is 2. The number of amides is 2. The molecule has 0 radical (unpaired) electrons.